The second kappa shape index (κ2) is 7.17. The molecule has 0 aliphatic carbocycles. The Morgan fingerprint density at radius 2 is 1.86 bits per heavy atom. The van der Waals surface area contributed by atoms with Gasteiger partial charge in [0.25, 0.3) is 0 Å². The number of hydrogen-bond acceptors (Lipinski definition) is 7. The predicted octanol–water partition coefficient (Wildman–Crippen LogP) is -0.278. The lowest BCUT2D eigenvalue weighted by atomic mass is 9.99. The van der Waals surface area contributed by atoms with Crippen LogP contribution in [0.15, 0.2) is 24.3 Å². The van der Waals surface area contributed by atoms with Gasteiger partial charge >= 0.3 is 0 Å². The van der Waals surface area contributed by atoms with Gasteiger partial charge in [0.1, 0.15) is 30.2 Å². The molecule has 0 amide bonds. The van der Waals surface area contributed by atoms with Crippen molar-refractivity contribution in [1.82, 2.24) is 0 Å². The van der Waals surface area contributed by atoms with Crippen LogP contribution in [-0.2, 0) is 9.47 Å². The van der Waals surface area contributed by atoms with E-state index >= 15 is 0 Å². The van der Waals surface area contributed by atoms with Crippen molar-refractivity contribution in [2.45, 2.75) is 37.6 Å². The summed E-state index contributed by atoms with van der Waals surface area (Å²) in [5, 5.41) is 29.3. The molecule has 1 aliphatic rings. The first-order chi connectivity index (χ1) is 10.5. The van der Waals surface area contributed by atoms with E-state index in [4.69, 9.17) is 14.2 Å². The number of aliphatic hydroxyl groups is 3. The molecule has 0 unspecified atom stereocenters. The average Bonchev–Trinajstić information content (AvgIpc) is 2.52. The molecule has 0 radical (unpaired) electrons. The van der Waals surface area contributed by atoms with Crippen molar-refractivity contribution in [3.05, 3.63) is 29.8 Å². The summed E-state index contributed by atoms with van der Waals surface area (Å²) in [6, 6.07) is 6.31. The summed E-state index contributed by atoms with van der Waals surface area (Å²) in [4.78, 5) is 11.2. The van der Waals surface area contributed by atoms with Crippen LogP contribution in [-0.4, -0.2) is 65.5 Å². The number of carbonyl (C=O) groups excluding carboxylic acids is 1. The standard InChI is InChI=1S/C15H20O7/c1-8(17)9-3-5-10(6-4-9)21-15-13(19)12(18)14(20-2)11(7-16)22-15/h3-6,11-16,18-19H,7H2,1-2H3/t11-,12-,13-,14-,15-/m1/s1. The Kier molecular flexibility index (Phi) is 5.49. The van der Waals surface area contributed by atoms with Crippen LogP contribution >= 0.6 is 0 Å². The van der Waals surface area contributed by atoms with Gasteiger partial charge in [0, 0.05) is 12.7 Å². The lowest BCUT2D eigenvalue weighted by molar-refractivity contribution is -0.281. The Morgan fingerprint density at radius 1 is 1.23 bits per heavy atom. The summed E-state index contributed by atoms with van der Waals surface area (Å²) in [6.45, 7) is 1.07. The molecule has 2 rings (SSSR count). The van der Waals surface area contributed by atoms with E-state index in [2.05, 4.69) is 0 Å². The number of benzene rings is 1. The van der Waals surface area contributed by atoms with Crippen molar-refractivity contribution in [3.8, 4) is 5.75 Å². The van der Waals surface area contributed by atoms with Crippen molar-refractivity contribution < 1.29 is 34.3 Å². The third-order valence-electron chi connectivity index (χ3n) is 3.61. The number of methoxy groups -OCH3 is 1. The highest BCUT2D eigenvalue weighted by Crippen LogP contribution is 2.25. The molecule has 7 nitrogen and oxygen atoms in total. The van der Waals surface area contributed by atoms with Crippen molar-refractivity contribution >= 4 is 5.78 Å². The van der Waals surface area contributed by atoms with Gasteiger partial charge in [0.15, 0.2) is 5.78 Å². The molecule has 0 saturated carbocycles. The highest BCUT2D eigenvalue weighted by atomic mass is 16.7. The van der Waals surface area contributed by atoms with Gasteiger partial charge in [-0.15, -0.1) is 0 Å². The number of rotatable bonds is 5. The van der Waals surface area contributed by atoms with Gasteiger partial charge in [-0.3, -0.25) is 4.79 Å². The third-order valence-corrected chi connectivity index (χ3v) is 3.61. The van der Waals surface area contributed by atoms with E-state index in [1.165, 1.54) is 14.0 Å². The lowest BCUT2D eigenvalue weighted by Crippen LogP contribution is -2.60. The summed E-state index contributed by atoms with van der Waals surface area (Å²) in [5.41, 5.74) is 0.533. The number of hydrogen-bond donors (Lipinski definition) is 3. The largest absolute Gasteiger partial charge is 0.462 e. The molecular weight excluding hydrogens is 292 g/mol. The van der Waals surface area contributed by atoms with Crippen LogP contribution in [0, 0.1) is 0 Å². The van der Waals surface area contributed by atoms with Crippen LogP contribution < -0.4 is 4.74 Å². The maximum absolute atomic E-state index is 11.2. The highest BCUT2D eigenvalue weighted by molar-refractivity contribution is 5.94. The second-order valence-electron chi connectivity index (χ2n) is 5.11. The van der Waals surface area contributed by atoms with Gasteiger partial charge in [-0.2, -0.15) is 0 Å². The topological polar surface area (TPSA) is 105 Å². The number of Topliss-reactive ketones (excluding diaryl/α,β-unsaturated/α-hetero) is 1. The first-order valence-corrected chi connectivity index (χ1v) is 6.90. The minimum absolute atomic E-state index is 0.0702. The van der Waals surface area contributed by atoms with E-state index in [9.17, 15) is 20.1 Å². The molecule has 1 saturated heterocycles. The molecule has 0 aromatic heterocycles. The summed E-state index contributed by atoms with van der Waals surface area (Å²) in [5.74, 6) is 0.299. The smallest absolute Gasteiger partial charge is 0.229 e. The molecule has 1 fully saturated rings. The molecule has 1 aliphatic heterocycles. The fourth-order valence-electron chi connectivity index (χ4n) is 2.34. The van der Waals surface area contributed by atoms with Crippen LogP contribution in [0.1, 0.15) is 17.3 Å². The monoisotopic (exact) mass is 312 g/mol. The van der Waals surface area contributed by atoms with Gasteiger partial charge in [-0.05, 0) is 31.2 Å². The van der Waals surface area contributed by atoms with E-state index in [0.29, 0.717) is 11.3 Å². The summed E-state index contributed by atoms with van der Waals surface area (Å²) >= 11 is 0. The average molecular weight is 312 g/mol. The van der Waals surface area contributed by atoms with Gasteiger partial charge in [-0.25, -0.2) is 0 Å². The van der Waals surface area contributed by atoms with Crippen LogP contribution in [0.4, 0.5) is 0 Å². The van der Waals surface area contributed by atoms with Gasteiger partial charge < -0.3 is 29.5 Å². The Morgan fingerprint density at radius 3 is 2.36 bits per heavy atom. The molecule has 0 bridgehead atoms. The Labute approximate surface area is 128 Å². The number of carbonyl (C=O) groups is 1. The van der Waals surface area contributed by atoms with E-state index < -0.39 is 30.7 Å². The van der Waals surface area contributed by atoms with Crippen LogP contribution in [0.25, 0.3) is 0 Å². The lowest BCUT2D eigenvalue weighted by Gasteiger charge is -2.41. The number of ketones is 1. The maximum Gasteiger partial charge on any atom is 0.229 e. The SMILES string of the molecule is CO[C@H]1[C@H](O)[C@@H](O)[C@H](Oc2ccc(C(C)=O)cc2)O[C@@H]1CO. The summed E-state index contributed by atoms with van der Waals surface area (Å²) in [7, 11) is 1.36. The molecule has 122 valence electrons. The second-order valence-corrected chi connectivity index (χ2v) is 5.11. The summed E-state index contributed by atoms with van der Waals surface area (Å²) in [6.07, 6.45) is -5.40. The summed E-state index contributed by atoms with van der Waals surface area (Å²) < 4.78 is 15.9. The minimum Gasteiger partial charge on any atom is -0.462 e. The number of ether oxygens (including phenoxy) is 3. The third kappa shape index (κ3) is 3.45. The quantitative estimate of drug-likeness (QED) is 0.642. The molecule has 1 heterocycles. The van der Waals surface area contributed by atoms with Crippen molar-refractivity contribution in [3.63, 3.8) is 0 Å². The first kappa shape index (κ1) is 16.9. The van der Waals surface area contributed by atoms with Crippen molar-refractivity contribution in [2.75, 3.05) is 13.7 Å². The molecule has 3 N–H and O–H groups in total. The zero-order valence-corrected chi connectivity index (χ0v) is 12.4. The molecule has 1 aromatic rings. The fraction of sp³-hybridized carbons (Fsp3) is 0.533. The van der Waals surface area contributed by atoms with Crippen molar-refractivity contribution in [2.24, 2.45) is 0 Å². The van der Waals surface area contributed by atoms with Crippen LogP contribution in [0.5, 0.6) is 5.75 Å². The maximum atomic E-state index is 11.2. The van der Waals surface area contributed by atoms with E-state index in [1.807, 2.05) is 0 Å². The van der Waals surface area contributed by atoms with E-state index in [1.54, 1.807) is 24.3 Å². The normalized spacial score (nSPS) is 31.8. The molecule has 1 aromatic carbocycles. The molecule has 0 spiro atoms. The zero-order chi connectivity index (χ0) is 16.3. The first-order valence-electron chi connectivity index (χ1n) is 6.90. The van der Waals surface area contributed by atoms with Gasteiger partial charge in [-0.1, -0.05) is 0 Å². The number of aliphatic hydroxyl groups excluding tert-OH is 3. The van der Waals surface area contributed by atoms with E-state index in [0.717, 1.165) is 0 Å². The predicted molar refractivity (Wildman–Crippen MR) is 75.6 cm³/mol. The minimum atomic E-state index is -1.33. The van der Waals surface area contributed by atoms with Gasteiger partial charge in [0.05, 0.1) is 6.61 Å². The molecule has 22 heavy (non-hydrogen) atoms. The molecule has 5 atom stereocenters. The molecular formula is C15H20O7. The Balaban J connectivity index is 2.09. The Bertz CT molecular complexity index is 499. The highest BCUT2D eigenvalue weighted by Gasteiger charge is 2.45. The molecule has 7 heteroatoms. The van der Waals surface area contributed by atoms with Crippen LogP contribution in [0.3, 0.4) is 0 Å². The fourth-order valence-corrected chi connectivity index (χ4v) is 2.34. The van der Waals surface area contributed by atoms with E-state index in [-0.39, 0.29) is 12.4 Å². The van der Waals surface area contributed by atoms with Crippen molar-refractivity contribution in [1.29, 1.82) is 0 Å². The van der Waals surface area contributed by atoms with Gasteiger partial charge in [0.2, 0.25) is 6.29 Å². The zero-order valence-electron chi connectivity index (χ0n) is 12.4. The Hall–Kier alpha value is -1.51. The van der Waals surface area contributed by atoms with Crippen LogP contribution in [0.2, 0.25) is 0 Å².